The molecule has 0 saturated carbocycles. The zero-order valence-electron chi connectivity index (χ0n) is 9.21. The van der Waals surface area contributed by atoms with Crippen LogP contribution in [0.2, 0.25) is 0 Å². The number of hydrogen-bond donors (Lipinski definition) is 3. The molecule has 0 saturated heterocycles. The van der Waals surface area contributed by atoms with E-state index in [1.165, 1.54) is 31.4 Å². The minimum atomic E-state index is -1.14. The Morgan fingerprint density at radius 3 is 2.41 bits per heavy atom. The van der Waals surface area contributed by atoms with E-state index in [1.54, 1.807) is 0 Å². The summed E-state index contributed by atoms with van der Waals surface area (Å²) in [4.78, 5) is 22.2. The van der Waals surface area contributed by atoms with Gasteiger partial charge in [0, 0.05) is 12.7 Å². The van der Waals surface area contributed by atoms with Crippen LogP contribution in [0.15, 0.2) is 24.3 Å². The standard InChI is InChI=1S/C11H13NO5/c1-17-9(11(15)16)6-12-10(14)7-2-4-8(13)5-3-7/h2-5,9,13H,6H2,1H3,(H,12,14)(H,15,16). The van der Waals surface area contributed by atoms with Gasteiger partial charge >= 0.3 is 5.97 Å². The van der Waals surface area contributed by atoms with E-state index in [2.05, 4.69) is 10.1 Å². The summed E-state index contributed by atoms with van der Waals surface area (Å²) in [6.07, 6.45) is -1.07. The fraction of sp³-hybridized carbons (Fsp3) is 0.273. The molecule has 0 bridgehead atoms. The number of aliphatic carboxylic acids is 1. The Bertz CT molecular complexity index is 401. The summed E-state index contributed by atoms with van der Waals surface area (Å²) in [5, 5.41) is 20.1. The molecule has 1 aromatic carbocycles. The van der Waals surface area contributed by atoms with Gasteiger partial charge in [0.05, 0.1) is 6.54 Å². The van der Waals surface area contributed by atoms with Crippen LogP contribution in [0.4, 0.5) is 0 Å². The second-order valence-corrected chi connectivity index (χ2v) is 3.32. The topological polar surface area (TPSA) is 95.9 Å². The Morgan fingerprint density at radius 1 is 1.35 bits per heavy atom. The van der Waals surface area contributed by atoms with Gasteiger partial charge in [0.1, 0.15) is 5.75 Å². The number of amides is 1. The fourth-order valence-corrected chi connectivity index (χ4v) is 1.17. The predicted octanol–water partition coefficient (Wildman–Crippen LogP) is 0.222. The van der Waals surface area contributed by atoms with Crippen molar-refractivity contribution in [2.45, 2.75) is 6.10 Å². The SMILES string of the molecule is COC(CNC(=O)c1ccc(O)cc1)C(=O)O. The number of carbonyl (C=O) groups excluding carboxylic acids is 1. The molecule has 1 atom stereocenters. The van der Waals surface area contributed by atoms with Gasteiger partial charge in [-0.25, -0.2) is 4.79 Å². The van der Waals surface area contributed by atoms with Crippen LogP contribution in [0.5, 0.6) is 5.75 Å². The molecule has 1 unspecified atom stereocenters. The highest BCUT2D eigenvalue weighted by atomic mass is 16.5. The van der Waals surface area contributed by atoms with Gasteiger partial charge < -0.3 is 20.3 Å². The maximum absolute atomic E-state index is 11.6. The molecule has 1 rings (SSSR count). The molecule has 1 amide bonds. The molecule has 0 aliphatic heterocycles. The third-order valence-corrected chi connectivity index (χ3v) is 2.14. The van der Waals surface area contributed by atoms with Crippen molar-refractivity contribution in [3.63, 3.8) is 0 Å². The maximum atomic E-state index is 11.6. The summed E-state index contributed by atoms with van der Waals surface area (Å²) >= 11 is 0. The van der Waals surface area contributed by atoms with Gasteiger partial charge in [-0.15, -0.1) is 0 Å². The number of methoxy groups -OCH3 is 1. The van der Waals surface area contributed by atoms with Crippen molar-refractivity contribution < 1.29 is 24.5 Å². The van der Waals surface area contributed by atoms with E-state index >= 15 is 0 Å². The van der Waals surface area contributed by atoms with Gasteiger partial charge in [-0.2, -0.15) is 0 Å². The van der Waals surface area contributed by atoms with Gasteiger partial charge in [-0.05, 0) is 24.3 Å². The number of phenols is 1. The number of phenolic OH excluding ortho intramolecular Hbond substituents is 1. The summed E-state index contributed by atoms with van der Waals surface area (Å²) in [6.45, 7) is -0.120. The van der Waals surface area contributed by atoms with Crippen LogP contribution in [0.3, 0.4) is 0 Å². The lowest BCUT2D eigenvalue weighted by Gasteiger charge is -2.11. The number of nitrogens with one attached hydrogen (secondary N) is 1. The molecule has 3 N–H and O–H groups in total. The number of benzene rings is 1. The summed E-state index contributed by atoms with van der Waals surface area (Å²) < 4.78 is 4.66. The molecule has 0 radical (unpaired) electrons. The highest BCUT2D eigenvalue weighted by Gasteiger charge is 2.17. The highest BCUT2D eigenvalue weighted by molar-refractivity contribution is 5.94. The summed E-state index contributed by atoms with van der Waals surface area (Å²) in [7, 11) is 1.26. The first-order valence-corrected chi connectivity index (χ1v) is 4.87. The van der Waals surface area contributed by atoms with Crippen molar-refractivity contribution in [2.75, 3.05) is 13.7 Å². The van der Waals surface area contributed by atoms with E-state index in [0.29, 0.717) is 5.56 Å². The number of carboxylic acids is 1. The van der Waals surface area contributed by atoms with E-state index in [0.717, 1.165) is 0 Å². The van der Waals surface area contributed by atoms with E-state index in [9.17, 15) is 9.59 Å². The zero-order chi connectivity index (χ0) is 12.8. The smallest absolute Gasteiger partial charge is 0.334 e. The summed E-state index contributed by atoms with van der Waals surface area (Å²) in [6, 6.07) is 5.63. The maximum Gasteiger partial charge on any atom is 0.334 e. The first-order chi connectivity index (χ1) is 8.04. The van der Waals surface area contributed by atoms with Crippen LogP contribution in [-0.2, 0) is 9.53 Å². The fourth-order valence-electron chi connectivity index (χ4n) is 1.17. The van der Waals surface area contributed by atoms with Gasteiger partial charge in [0.2, 0.25) is 0 Å². The van der Waals surface area contributed by atoms with E-state index < -0.39 is 18.0 Å². The minimum absolute atomic E-state index is 0.0573. The minimum Gasteiger partial charge on any atom is -0.508 e. The van der Waals surface area contributed by atoms with Crippen LogP contribution < -0.4 is 5.32 Å². The van der Waals surface area contributed by atoms with Gasteiger partial charge in [0.15, 0.2) is 6.10 Å². The Labute approximate surface area is 97.8 Å². The second-order valence-electron chi connectivity index (χ2n) is 3.32. The molecular weight excluding hydrogens is 226 g/mol. The quantitative estimate of drug-likeness (QED) is 0.683. The molecule has 0 aromatic heterocycles. The number of aromatic hydroxyl groups is 1. The lowest BCUT2D eigenvalue weighted by Crippen LogP contribution is -2.37. The van der Waals surface area contributed by atoms with E-state index in [1.807, 2.05) is 0 Å². The van der Waals surface area contributed by atoms with Crippen LogP contribution in [-0.4, -0.2) is 41.8 Å². The van der Waals surface area contributed by atoms with Gasteiger partial charge in [-0.3, -0.25) is 4.79 Å². The Kier molecular flexibility index (Phi) is 4.47. The molecule has 17 heavy (non-hydrogen) atoms. The first kappa shape index (κ1) is 13.0. The average molecular weight is 239 g/mol. The molecule has 0 fully saturated rings. The molecule has 0 aliphatic carbocycles. The first-order valence-electron chi connectivity index (χ1n) is 4.87. The second kappa shape index (κ2) is 5.86. The van der Waals surface area contributed by atoms with Crippen LogP contribution in [0, 0.1) is 0 Å². The molecule has 6 heteroatoms. The van der Waals surface area contributed by atoms with Crippen LogP contribution in [0.1, 0.15) is 10.4 Å². The number of hydrogen-bond acceptors (Lipinski definition) is 4. The van der Waals surface area contributed by atoms with Crippen molar-refractivity contribution >= 4 is 11.9 Å². The van der Waals surface area contributed by atoms with Crippen molar-refractivity contribution in [1.29, 1.82) is 0 Å². The van der Waals surface area contributed by atoms with Gasteiger partial charge in [-0.1, -0.05) is 0 Å². The molecule has 92 valence electrons. The summed E-state index contributed by atoms with van der Waals surface area (Å²) in [5.41, 5.74) is 0.336. The number of ether oxygens (including phenoxy) is 1. The summed E-state index contributed by atoms with van der Waals surface area (Å²) in [5.74, 6) is -1.51. The normalized spacial score (nSPS) is 11.8. The predicted molar refractivity (Wildman–Crippen MR) is 58.9 cm³/mol. The molecule has 0 aliphatic rings. The van der Waals surface area contributed by atoms with Crippen molar-refractivity contribution in [1.82, 2.24) is 5.32 Å². The Morgan fingerprint density at radius 2 is 1.94 bits per heavy atom. The Balaban J connectivity index is 2.55. The van der Waals surface area contributed by atoms with Crippen LogP contribution in [0.25, 0.3) is 0 Å². The average Bonchev–Trinajstić information content (AvgIpc) is 2.30. The largest absolute Gasteiger partial charge is 0.508 e. The molecule has 1 aromatic rings. The molecule has 0 heterocycles. The third-order valence-electron chi connectivity index (χ3n) is 2.14. The van der Waals surface area contributed by atoms with E-state index in [4.69, 9.17) is 10.2 Å². The number of carboxylic acid groups (broad SMARTS) is 1. The molecule has 0 spiro atoms. The van der Waals surface area contributed by atoms with Crippen molar-refractivity contribution in [3.8, 4) is 5.75 Å². The number of rotatable bonds is 5. The molecular formula is C11H13NO5. The monoisotopic (exact) mass is 239 g/mol. The van der Waals surface area contributed by atoms with Crippen molar-refractivity contribution in [3.05, 3.63) is 29.8 Å². The number of carbonyl (C=O) groups is 2. The highest BCUT2D eigenvalue weighted by Crippen LogP contribution is 2.09. The van der Waals surface area contributed by atoms with Crippen LogP contribution >= 0.6 is 0 Å². The lowest BCUT2D eigenvalue weighted by atomic mass is 10.2. The van der Waals surface area contributed by atoms with E-state index in [-0.39, 0.29) is 12.3 Å². The van der Waals surface area contributed by atoms with Gasteiger partial charge in [0.25, 0.3) is 5.91 Å². The van der Waals surface area contributed by atoms with Crippen molar-refractivity contribution in [2.24, 2.45) is 0 Å². The zero-order valence-corrected chi connectivity index (χ0v) is 9.21. The lowest BCUT2D eigenvalue weighted by molar-refractivity contribution is -0.148. The third kappa shape index (κ3) is 3.76. The molecule has 6 nitrogen and oxygen atoms in total. The Hall–Kier alpha value is -2.08.